The number of pyridine rings is 1. The molecule has 2 heterocycles. The highest BCUT2D eigenvalue weighted by Crippen LogP contribution is 2.21. The molecule has 2 aromatic rings. The molecule has 0 unspecified atom stereocenters. The summed E-state index contributed by atoms with van der Waals surface area (Å²) in [5, 5.41) is 0.456. The number of fused-ring (bicyclic) bond motifs is 1. The van der Waals surface area contributed by atoms with Gasteiger partial charge in [-0.1, -0.05) is 11.6 Å². The van der Waals surface area contributed by atoms with Crippen molar-refractivity contribution in [3.8, 4) is 0 Å². The zero-order valence-electron chi connectivity index (χ0n) is 6.45. The summed E-state index contributed by atoms with van der Waals surface area (Å²) < 4.78 is 5.04. The van der Waals surface area contributed by atoms with Crippen LogP contribution in [0.3, 0.4) is 0 Å². The van der Waals surface area contributed by atoms with Gasteiger partial charge in [-0.25, -0.2) is 0 Å². The highest BCUT2D eigenvalue weighted by Gasteiger charge is 2.11. The number of rotatable bonds is 1. The fourth-order valence-electron chi connectivity index (χ4n) is 1.07. The molecular formula is C8H5ClN2O2. The summed E-state index contributed by atoms with van der Waals surface area (Å²) in [6, 6.07) is 1.58. The minimum absolute atomic E-state index is 0.270. The van der Waals surface area contributed by atoms with Gasteiger partial charge in [0.05, 0.1) is 5.02 Å². The Kier molecular flexibility index (Phi) is 1.70. The van der Waals surface area contributed by atoms with Crippen LogP contribution in [0.2, 0.25) is 5.02 Å². The molecule has 2 rings (SSSR count). The van der Waals surface area contributed by atoms with Gasteiger partial charge in [0.1, 0.15) is 17.3 Å². The molecule has 0 bridgehead atoms. The van der Waals surface area contributed by atoms with Crippen LogP contribution in [0, 0.1) is 0 Å². The quantitative estimate of drug-likeness (QED) is 0.753. The van der Waals surface area contributed by atoms with Crippen molar-refractivity contribution in [3.05, 3.63) is 29.1 Å². The van der Waals surface area contributed by atoms with E-state index >= 15 is 0 Å². The topological polar surface area (TPSA) is 69.1 Å². The molecular weight excluding hydrogens is 192 g/mol. The van der Waals surface area contributed by atoms with Crippen LogP contribution in [0.1, 0.15) is 10.4 Å². The van der Waals surface area contributed by atoms with Gasteiger partial charge in [-0.3, -0.25) is 9.78 Å². The Balaban J connectivity index is 2.76. The maximum absolute atomic E-state index is 10.9. The molecule has 0 spiro atoms. The minimum Gasteiger partial charge on any atom is -0.462 e. The Morgan fingerprint density at radius 3 is 3.08 bits per heavy atom. The summed E-state index contributed by atoms with van der Waals surface area (Å²) in [6.45, 7) is 0. The maximum atomic E-state index is 10.9. The molecule has 2 N–H and O–H groups in total. The van der Waals surface area contributed by atoms with Crippen molar-refractivity contribution < 1.29 is 9.21 Å². The van der Waals surface area contributed by atoms with Crippen molar-refractivity contribution in [2.24, 2.45) is 5.73 Å². The van der Waals surface area contributed by atoms with Crippen LogP contribution >= 0.6 is 11.6 Å². The van der Waals surface area contributed by atoms with Crippen LogP contribution in [-0.2, 0) is 0 Å². The Bertz CT molecular complexity index is 478. The largest absolute Gasteiger partial charge is 0.462 e. The van der Waals surface area contributed by atoms with Crippen molar-refractivity contribution in [2.75, 3.05) is 0 Å². The molecule has 0 aliphatic carbocycles. The highest BCUT2D eigenvalue weighted by molar-refractivity contribution is 6.31. The molecule has 0 saturated carbocycles. The Morgan fingerprint density at radius 2 is 2.38 bits per heavy atom. The minimum atomic E-state index is -0.562. The van der Waals surface area contributed by atoms with E-state index in [1.54, 1.807) is 6.07 Å². The van der Waals surface area contributed by atoms with Crippen molar-refractivity contribution in [2.45, 2.75) is 0 Å². The number of amides is 1. The molecule has 0 fully saturated rings. The molecule has 0 radical (unpaired) electrons. The standard InChI is InChI=1S/C8H5ClN2O2/c9-4-1-6-7(11-2-4)5(3-13-6)8(10)12/h1-3H,(H2,10,12). The van der Waals surface area contributed by atoms with Crippen LogP contribution in [0.25, 0.3) is 11.1 Å². The van der Waals surface area contributed by atoms with Gasteiger partial charge < -0.3 is 10.2 Å². The zero-order chi connectivity index (χ0) is 9.42. The first-order valence-corrected chi connectivity index (χ1v) is 3.89. The predicted molar refractivity (Wildman–Crippen MR) is 47.5 cm³/mol. The van der Waals surface area contributed by atoms with E-state index < -0.39 is 5.91 Å². The molecule has 0 aromatic carbocycles. The van der Waals surface area contributed by atoms with Gasteiger partial charge in [-0.2, -0.15) is 0 Å². The predicted octanol–water partition coefficient (Wildman–Crippen LogP) is 1.58. The molecule has 66 valence electrons. The number of carbonyl (C=O) groups is 1. The lowest BCUT2D eigenvalue weighted by Crippen LogP contribution is -2.10. The van der Waals surface area contributed by atoms with E-state index in [1.165, 1.54) is 12.5 Å². The van der Waals surface area contributed by atoms with Crippen LogP contribution in [0.5, 0.6) is 0 Å². The molecule has 0 saturated heterocycles. The third-order valence-corrected chi connectivity index (χ3v) is 1.85. The molecule has 0 aliphatic heterocycles. The Hall–Kier alpha value is -1.55. The number of nitrogens with two attached hydrogens (primary N) is 1. The van der Waals surface area contributed by atoms with Crippen LogP contribution in [0.4, 0.5) is 0 Å². The van der Waals surface area contributed by atoms with Gasteiger partial charge in [0.15, 0.2) is 5.58 Å². The first kappa shape index (κ1) is 8.07. The molecule has 0 aliphatic rings. The summed E-state index contributed by atoms with van der Waals surface area (Å²) in [6.07, 6.45) is 2.71. The molecule has 13 heavy (non-hydrogen) atoms. The lowest BCUT2D eigenvalue weighted by molar-refractivity contribution is 0.100. The lowest BCUT2D eigenvalue weighted by Gasteiger charge is -1.90. The van der Waals surface area contributed by atoms with Crippen molar-refractivity contribution in [1.82, 2.24) is 4.98 Å². The van der Waals surface area contributed by atoms with E-state index in [-0.39, 0.29) is 5.56 Å². The van der Waals surface area contributed by atoms with Gasteiger partial charge in [-0.05, 0) is 0 Å². The molecule has 2 aromatic heterocycles. The van der Waals surface area contributed by atoms with Gasteiger partial charge in [0, 0.05) is 12.3 Å². The first-order valence-electron chi connectivity index (χ1n) is 3.51. The number of halogens is 1. The number of primary amides is 1. The average Bonchev–Trinajstić information content (AvgIpc) is 2.46. The number of hydrogen-bond donors (Lipinski definition) is 1. The Morgan fingerprint density at radius 1 is 1.62 bits per heavy atom. The second kappa shape index (κ2) is 2.74. The highest BCUT2D eigenvalue weighted by atomic mass is 35.5. The molecule has 0 atom stereocenters. The first-order chi connectivity index (χ1) is 6.18. The normalized spacial score (nSPS) is 10.5. The maximum Gasteiger partial charge on any atom is 0.254 e. The van der Waals surface area contributed by atoms with Crippen molar-refractivity contribution in [3.63, 3.8) is 0 Å². The SMILES string of the molecule is NC(=O)c1coc2cc(Cl)cnc12. The lowest BCUT2D eigenvalue weighted by atomic mass is 10.2. The number of hydrogen-bond acceptors (Lipinski definition) is 3. The number of aromatic nitrogens is 1. The van der Waals surface area contributed by atoms with E-state index in [2.05, 4.69) is 4.98 Å². The van der Waals surface area contributed by atoms with Crippen LogP contribution in [-0.4, -0.2) is 10.9 Å². The van der Waals surface area contributed by atoms with Gasteiger partial charge in [-0.15, -0.1) is 0 Å². The molecule has 5 heteroatoms. The van der Waals surface area contributed by atoms with E-state index in [4.69, 9.17) is 21.8 Å². The number of furan rings is 1. The fraction of sp³-hybridized carbons (Fsp3) is 0. The zero-order valence-corrected chi connectivity index (χ0v) is 7.21. The summed E-state index contributed by atoms with van der Waals surface area (Å²) in [4.78, 5) is 14.8. The van der Waals surface area contributed by atoms with E-state index in [1.807, 2.05) is 0 Å². The molecule has 1 amide bonds. The summed E-state index contributed by atoms with van der Waals surface area (Å²) in [5.41, 5.74) is 6.26. The van der Waals surface area contributed by atoms with Crippen molar-refractivity contribution in [1.29, 1.82) is 0 Å². The summed E-state index contributed by atoms with van der Waals surface area (Å²) in [7, 11) is 0. The fourth-order valence-corrected chi connectivity index (χ4v) is 1.21. The summed E-state index contributed by atoms with van der Waals surface area (Å²) in [5.74, 6) is -0.562. The van der Waals surface area contributed by atoms with Gasteiger partial charge >= 0.3 is 0 Å². The number of nitrogens with zero attached hydrogens (tertiary/aromatic N) is 1. The van der Waals surface area contributed by atoms with Gasteiger partial charge in [0.2, 0.25) is 0 Å². The Labute approximate surface area is 78.3 Å². The molecule has 4 nitrogen and oxygen atoms in total. The van der Waals surface area contributed by atoms with Crippen molar-refractivity contribution >= 4 is 28.6 Å². The summed E-state index contributed by atoms with van der Waals surface area (Å²) >= 11 is 5.67. The van der Waals surface area contributed by atoms with E-state index in [0.717, 1.165) is 0 Å². The van der Waals surface area contributed by atoms with Crippen LogP contribution < -0.4 is 5.73 Å². The van der Waals surface area contributed by atoms with E-state index in [0.29, 0.717) is 16.1 Å². The second-order valence-corrected chi connectivity index (χ2v) is 2.95. The third kappa shape index (κ3) is 1.25. The second-order valence-electron chi connectivity index (χ2n) is 2.51. The average molecular weight is 197 g/mol. The number of carbonyl (C=O) groups excluding carboxylic acids is 1. The third-order valence-electron chi connectivity index (χ3n) is 1.64. The monoisotopic (exact) mass is 196 g/mol. The van der Waals surface area contributed by atoms with Crippen LogP contribution in [0.15, 0.2) is 22.9 Å². The smallest absolute Gasteiger partial charge is 0.254 e. The van der Waals surface area contributed by atoms with E-state index in [9.17, 15) is 4.79 Å². The van der Waals surface area contributed by atoms with Gasteiger partial charge in [0.25, 0.3) is 5.91 Å².